The number of likely N-dealkylation sites (N-methyl/N-ethyl adjacent to an activating group) is 1. The van der Waals surface area contributed by atoms with Crippen LogP contribution >= 0.6 is 12.4 Å². The maximum absolute atomic E-state index is 13.1. The number of rotatable bonds is 9. The number of aliphatic hydroxyl groups is 1. The van der Waals surface area contributed by atoms with Gasteiger partial charge in [-0.15, -0.1) is 22.6 Å². The van der Waals surface area contributed by atoms with Crippen molar-refractivity contribution in [2.45, 2.75) is 64.0 Å². The summed E-state index contributed by atoms with van der Waals surface area (Å²) in [6.45, 7) is 9.95. The molecule has 1 fully saturated rings. The van der Waals surface area contributed by atoms with E-state index in [1.165, 1.54) is 0 Å². The molecule has 4 heterocycles. The molecular formula is C34H48ClN9O3. The third kappa shape index (κ3) is 7.82. The summed E-state index contributed by atoms with van der Waals surface area (Å²) in [7, 11) is 3.90. The average molecular weight is 666 g/mol. The first-order chi connectivity index (χ1) is 22.1. The Morgan fingerprint density at radius 2 is 1.89 bits per heavy atom. The molecule has 254 valence electrons. The highest BCUT2D eigenvalue weighted by molar-refractivity contribution is 5.88. The van der Waals surface area contributed by atoms with Crippen molar-refractivity contribution in [3.63, 3.8) is 0 Å². The van der Waals surface area contributed by atoms with E-state index >= 15 is 0 Å². The molecule has 1 aliphatic heterocycles. The van der Waals surface area contributed by atoms with E-state index in [4.69, 9.17) is 4.74 Å². The van der Waals surface area contributed by atoms with E-state index in [9.17, 15) is 9.90 Å². The number of nitrogens with zero attached hydrogens (tertiary/aromatic N) is 7. The van der Waals surface area contributed by atoms with Gasteiger partial charge < -0.3 is 25.0 Å². The summed E-state index contributed by atoms with van der Waals surface area (Å²) in [5.74, 6) is 2.74. The van der Waals surface area contributed by atoms with Crippen LogP contribution < -0.4 is 20.3 Å². The van der Waals surface area contributed by atoms with Crippen LogP contribution in [0.3, 0.4) is 0 Å². The van der Waals surface area contributed by atoms with Crippen LogP contribution in [0.15, 0.2) is 48.7 Å². The highest BCUT2D eigenvalue weighted by Crippen LogP contribution is 2.39. The van der Waals surface area contributed by atoms with Crippen LogP contribution in [-0.4, -0.2) is 80.2 Å². The van der Waals surface area contributed by atoms with Gasteiger partial charge in [-0.2, -0.15) is 5.10 Å². The number of urea groups is 1. The van der Waals surface area contributed by atoms with E-state index in [1.807, 2.05) is 48.0 Å². The van der Waals surface area contributed by atoms with Gasteiger partial charge >= 0.3 is 6.03 Å². The highest BCUT2D eigenvalue weighted by atomic mass is 35.5. The molecule has 2 amide bonds. The molecule has 0 bridgehead atoms. The molecule has 1 aliphatic carbocycles. The van der Waals surface area contributed by atoms with Gasteiger partial charge in [0, 0.05) is 44.7 Å². The third-order valence-corrected chi connectivity index (χ3v) is 9.12. The Bertz CT molecular complexity index is 1670. The van der Waals surface area contributed by atoms with Crippen LogP contribution in [-0.2, 0) is 12.5 Å². The van der Waals surface area contributed by atoms with Gasteiger partial charge in [0.25, 0.3) is 0 Å². The van der Waals surface area contributed by atoms with Crippen LogP contribution in [0.5, 0.6) is 5.75 Å². The van der Waals surface area contributed by atoms with Gasteiger partial charge in [-0.1, -0.05) is 45.0 Å². The molecule has 1 aromatic carbocycles. The first-order valence-electron chi connectivity index (χ1n) is 16.4. The standard InChI is InChI=1S/C34H47N9O3.ClH/c1-34(2,3)29-19-31(41(5)39-29)36-32(45)35-27-13-14-28(26-11-7-6-10-25(26)27)46-24-12-15-30-37-38-33(43(30)22-24)42-16-8-9-23(21-42)20-40(4)17-18-44;/h6-7,10-12,15,19,22-23,27-28,44H,8-9,13-14,16-18,20-21H2,1-5H3,(H2,35,36,45);1H/t23?,27-,28+;/m0./s1. The molecule has 47 heavy (non-hydrogen) atoms. The molecule has 0 spiro atoms. The largest absolute Gasteiger partial charge is 0.484 e. The lowest BCUT2D eigenvalue weighted by atomic mass is 9.85. The van der Waals surface area contributed by atoms with Crippen molar-refractivity contribution in [1.82, 2.24) is 34.6 Å². The minimum atomic E-state index is -0.256. The Hall–Kier alpha value is -3.87. The Labute approximate surface area is 282 Å². The lowest BCUT2D eigenvalue weighted by molar-refractivity contribution is 0.171. The van der Waals surface area contributed by atoms with E-state index < -0.39 is 0 Å². The number of aryl methyl sites for hydroxylation is 1. The number of amides is 2. The van der Waals surface area contributed by atoms with Crippen LogP contribution in [0.1, 0.15) is 75.4 Å². The topological polar surface area (TPSA) is 125 Å². The lowest BCUT2D eigenvalue weighted by Gasteiger charge is -2.34. The number of halogens is 1. The summed E-state index contributed by atoms with van der Waals surface area (Å²) in [5.41, 5.74) is 3.73. The first kappa shape index (κ1) is 34.5. The summed E-state index contributed by atoms with van der Waals surface area (Å²) >= 11 is 0. The van der Waals surface area contributed by atoms with Gasteiger partial charge in [-0.25, -0.2) is 4.79 Å². The number of hydrogen-bond donors (Lipinski definition) is 3. The van der Waals surface area contributed by atoms with Crippen LogP contribution in [0.25, 0.3) is 5.65 Å². The van der Waals surface area contributed by atoms with Crippen molar-refractivity contribution in [1.29, 1.82) is 0 Å². The van der Waals surface area contributed by atoms with Crippen molar-refractivity contribution in [3.8, 4) is 5.75 Å². The Kier molecular flexibility index (Phi) is 10.6. The van der Waals surface area contributed by atoms with Gasteiger partial charge in [0.2, 0.25) is 5.95 Å². The quantitative estimate of drug-likeness (QED) is 0.226. The number of ether oxygens (including phenoxy) is 1. The molecule has 3 N–H and O–H groups in total. The number of piperidine rings is 1. The second-order valence-electron chi connectivity index (χ2n) is 13.8. The van der Waals surface area contributed by atoms with E-state index in [-0.39, 0.29) is 42.6 Å². The predicted molar refractivity (Wildman–Crippen MR) is 186 cm³/mol. The zero-order valence-corrected chi connectivity index (χ0v) is 28.8. The highest BCUT2D eigenvalue weighted by Gasteiger charge is 2.30. The number of carbonyl (C=O) groups excluding carboxylic acids is 1. The minimum absolute atomic E-state index is 0. The number of anilines is 2. The maximum atomic E-state index is 13.1. The normalized spacial score (nSPS) is 19.7. The second-order valence-corrected chi connectivity index (χ2v) is 13.8. The number of carbonyl (C=O) groups is 1. The zero-order valence-electron chi connectivity index (χ0n) is 28.0. The molecule has 0 saturated carbocycles. The Morgan fingerprint density at radius 1 is 1.11 bits per heavy atom. The molecule has 12 nitrogen and oxygen atoms in total. The molecule has 6 rings (SSSR count). The molecule has 1 saturated heterocycles. The molecule has 13 heteroatoms. The summed E-state index contributed by atoms with van der Waals surface area (Å²) in [6, 6.07) is 13.6. The zero-order chi connectivity index (χ0) is 32.4. The van der Waals surface area contributed by atoms with Gasteiger partial charge in [0.05, 0.1) is 24.5 Å². The smallest absolute Gasteiger partial charge is 0.320 e. The number of aromatic nitrogens is 5. The van der Waals surface area contributed by atoms with Gasteiger partial charge in [-0.05, 0) is 61.9 Å². The van der Waals surface area contributed by atoms with Gasteiger partial charge in [0.15, 0.2) is 5.65 Å². The number of pyridine rings is 1. The van der Waals surface area contributed by atoms with Crippen LogP contribution in [0.4, 0.5) is 16.6 Å². The fraction of sp³-hybridized carbons (Fsp3) is 0.529. The second kappa shape index (κ2) is 14.5. The monoisotopic (exact) mass is 665 g/mol. The maximum Gasteiger partial charge on any atom is 0.320 e. The third-order valence-electron chi connectivity index (χ3n) is 9.12. The minimum Gasteiger partial charge on any atom is -0.484 e. The first-order valence-corrected chi connectivity index (χ1v) is 16.4. The van der Waals surface area contributed by atoms with Crippen LogP contribution in [0, 0.1) is 5.92 Å². The van der Waals surface area contributed by atoms with Crippen molar-refractivity contribution >= 4 is 35.9 Å². The van der Waals surface area contributed by atoms with E-state index in [0.29, 0.717) is 18.3 Å². The van der Waals surface area contributed by atoms with Gasteiger partial charge in [0.1, 0.15) is 17.7 Å². The number of hydrogen-bond acceptors (Lipinski definition) is 8. The van der Waals surface area contributed by atoms with Crippen molar-refractivity contribution < 1.29 is 14.6 Å². The number of benzene rings is 1. The number of aliphatic hydroxyl groups excluding tert-OH is 1. The lowest BCUT2D eigenvalue weighted by Crippen LogP contribution is -2.41. The van der Waals surface area contributed by atoms with E-state index in [1.54, 1.807) is 4.68 Å². The number of nitrogens with one attached hydrogen (secondary N) is 2. The fourth-order valence-corrected chi connectivity index (χ4v) is 6.69. The van der Waals surface area contributed by atoms with E-state index in [0.717, 1.165) is 79.5 Å². The molecule has 0 radical (unpaired) electrons. The molecule has 2 aliphatic rings. The Balaban J connectivity index is 0.00000433. The molecule has 3 atom stereocenters. The molecule has 1 unspecified atom stereocenters. The Morgan fingerprint density at radius 3 is 2.64 bits per heavy atom. The summed E-state index contributed by atoms with van der Waals surface area (Å²) in [4.78, 5) is 17.6. The van der Waals surface area contributed by atoms with Crippen molar-refractivity contribution in [2.75, 3.05) is 50.1 Å². The van der Waals surface area contributed by atoms with Crippen molar-refractivity contribution in [2.24, 2.45) is 13.0 Å². The SMILES string of the molecule is CN(CCO)CC1CCCN(c2nnc3ccc(O[C@@H]4CC[C@H](NC(=O)Nc5cc(C(C)(C)C)nn5C)c5ccccc54)cn23)C1.Cl. The van der Waals surface area contributed by atoms with Crippen LogP contribution in [0.2, 0.25) is 0 Å². The summed E-state index contributed by atoms with van der Waals surface area (Å²) in [5, 5.41) is 29.0. The fourth-order valence-electron chi connectivity index (χ4n) is 6.69. The van der Waals surface area contributed by atoms with Gasteiger partial charge in [-0.3, -0.25) is 14.4 Å². The summed E-state index contributed by atoms with van der Waals surface area (Å²) < 4.78 is 10.4. The number of fused-ring (bicyclic) bond motifs is 2. The predicted octanol–water partition coefficient (Wildman–Crippen LogP) is 5.10. The van der Waals surface area contributed by atoms with Crippen molar-refractivity contribution in [3.05, 3.63) is 65.5 Å². The summed E-state index contributed by atoms with van der Waals surface area (Å²) in [6.07, 6.45) is 5.60. The van der Waals surface area contributed by atoms with E-state index in [2.05, 4.69) is 75.7 Å². The molecule has 4 aromatic rings. The molecular weight excluding hydrogens is 618 g/mol. The average Bonchev–Trinajstić information content (AvgIpc) is 3.61. The molecule has 3 aromatic heterocycles.